The number of nitrogens with one attached hydrogen (secondary N) is 1. The van der Waals surface area contributed by atoms with Crippen molar-refractivity contribution < 1.29 is 24.4 Å². The summed E-state index contributed by atoms with van der Waals surface area (Å²) in [4.78, 5) is 29.7. The molecule has 3 aliphatic rings. The molecule has 0 spiro atoms. The molecular formula is C41H40BClN2O5. The van der Waals surface area contributed by atoms with Crippen LogP contribution in [0.4, 0.5) is 17.1 Å². The van der Waals surface area contributed by atoms with Crippen molar-refractivity contribution in [2.75, 3.05) is 10.2 Å². The van der Waals surface area contributed by atoms with E-state index in [-0.39, 0.29) is 35.7 Å². The van der Waals surface area contributed by atoms with Crippen LogP contribution >= 0.6 is 11.6 Å². The summed E-state index contributed by atoms with van der Waals surface area (Å²) in [6, 6.07) is 32.2. The molecule has 0 radical (unpaired) electrons. The summed E-state index contributed by atoms with van der Waals surface area (Å²) in [6.45, 7) is 4.25. The average Bonchev–Trinajstić information content (AvgIpc) is 3.37. The molecule has 2 heterocycles. The molecular weight excluding hydrogens is 647 g/mol. The molecule has 2 aliphatic heterocycles. The molecule has 7 rings (SSSR count). The minimum absolute atomic E-state index is 0.100. The Bertz CT molecular complexity index is 1950. The minimum Gasteiger partial charge on any atom is -0.508 e. The molecule has 0 unspecified atom stereocenters. The quantitative estimate of drug-likeness (QED) is 0.0705. The molecule has 4 atom stereocenters. The molecule has 254 valence electrons. The highest BCUT2D eigenvalue weighted by Crippen LogP contribution is 2.52. The van der Waals surface area contributed by atoms with Gasteiger partial charge in [-0.15, -0.1) is 0 Å². The highest BCUT2D eigenvalue weighted by molar-refractivity contribution is 6.43. The molecule has 3 N–H and O–H groups in total. The van der Waals surface area contributed by atoms with E-state index >= 15 is 0 Å². The number of hydrogen-bond acceptors (Lipinski definition) is 6. The van der Waals surface area contributed by atoms with Crippen molar-refractivity contribution in [3.63, 3.8) is 0 Å². The van der Waals surface area contributed by atoms with Gasteiger partial charge < -0.3 is 20.1 Å². The Morgan fingerprint density at radius 2 is 1.62 bits per heavy atom. The fourth-order valence-corrected chi connectivity index (χ4v) is 8.18. The van der Waals surface area contributed by atoms with E-state index in [0.29, 0.717) is 30.0 Å². The van der Waals surface area contributed by atoms with Crippen LogP contribution in [0.5, 0.6) is 5.75 Å². The first kappa shape index (κ1) is 33.9. The van der Waals surface area contributed by atoms with E-state index in [4.69, 9.17) is 16.3 Å². The largest absolute Gasteiger partial charge is 0.508 e. The third-order valence-corrected chi connectivity index (χ3v) is 10.6. The van der Waals surface area contributed by atoms with Crippen molar-refractivity contribution in [1.29, 1.82) is 0 Å². The number of fused-ring (bicyclic) bond motifs is 3. The zero-order valence-corrected chi connectivity index (χ0v) is 28.9. The predicted octanol–water partition coefficient (Wildman–Crippen LogP) is 8.77. The number of para-hydroxylation sites is 1. The van der Waals surface area contributed by atoms with Gasteiger partial charge in [-0.2, -0.15) is 0 Å². The van der Waals surface area contributed by atoms with Gasteiger partial charge >= 0.3 is 7.12 Å². The van der Waals surface area contributed by atoms with Gasteiger partial charge in [0.1, 0.15) is 5.75 Å². The topological polar surface area (TPSA) is 99.1 Å². The van der Waals surface area contributed by atoms with E-state index in [1.165, 1.54) is 11.0 Å². The second kappa shape index (κ2) is 14.3. The SMILES string of the molecule is CC(C)C1=C2[C@@H](CC/C(=C/c3ccc(O)cc3Cl)c3ccccc3)OB(O)C[C@@H]2[C@@H]2C(=O)N(c3ccc(Nc4ccccc4)cc3)C(=O)[C@@H]2C1. The van der Waals surface area contributed by atoms with Crippen LogP contribution in [0.25, 0.3) is 11.6 Å². The summed E-state index contributed by atoms with van der Waals surface area (Å²) < 4.78 is 6.29. The van der Waals surface area contributed by atoms with E-state index in [0.717, 1.165) is 39.2 Å². The van der Waals surface area contributed by atoms with Gasteiger partial charge in [0, 0.05) is 11.4 Å². The first-order valence-corrected chi connectivity index (χ1v) is 17.7. The van der Waals surface area contributed by atoms with Gasteiger partial charge in [-0.1, -0.05) is 79.6 Å². The van der Waals surface area contributed by atoms with Crippen molar-refractivity contribution in [3.05, 3.63) is 130 Å². The molecule has 4 aromatic rings. The fourth-order valence-electron chi connectivity index (χ4n) is 7.95. The number of halogens is 1. The van der Waals surface area contributed by atoms with Gasteiger partial charge in [-0.05, 0) is 120 Å². The number of benzene rings is 4. The minimum atomic E-state index is -1.06. The number of aromatic hydroxyl groups is 1. The Kier molecular flexibility index (Phi) is 9.69. The number of imide groups is 1. The van der Waals surface area contributed by atoms with E-state index < -0.39 is 25.1 Å². The molecule has 0 saturated carbocycles. The molecule has 1 aliphatic carbocycles. The number of carbonyl (C=O) groups excluding carboxylic acids is 2. The molecule has 2 fully saturated rings. The number of phenolic OH excluding ortho intramolecular Hbond substituents is 1. The number of nitrogens with zero attached hydrogens (tertiary/aromatic N) is 1. The van der Waals surface area contributed by atoms with Crippen LogP contribution in [-0.2, 0) is 14.2 Å². The van der Waals surface area contributed by atoms with Crippen molar-refractivity contribution in [1.82, 2.24) is 0 Å². The lowest BCUT2D eigenvalue weighted by Crippen LogP contribution is -2.46. The molecule has 9 heteroatoms. The normalized spacial score (nSPS) is 22.2. The van der Waals surface area contributed by atoms with Crippen molar-refractivity contribution in [2.24, 2.45) is 23.7 Å². The van der Waals surface area contributed by atoms with E-state index in [9.17, 15) is 19.7 Å². The zero-order chi connectivity index (χ0) is 34.9. The fraction of sp³-hybridized carbons (Fsp3) is 0.268. The molecule has 0 aromatic heterocycles. The van der Waals surface area contributed by atoms with Gasteiger partial charge in [0.2, 0.25) is 11.8 Å². The molecule has 2 amide bonds. The van der Waals surface area contributed by atoms with Gasteiger partial charge in [0.15, 0.2) is 0 Å². The Balaban J connectivity index is 1.17. The summed E-state index contributed by atoms with van der Waals surface area (Å²) in [5, 5.41) is 24.8. The van der Waals surface area contributed by atoms with Gasteiger partial charge in [0.25, 0.3) is 0 Å². The molecule has 2 saturated heterocycles. The third-order valence-electron chi connectivity index (χ3n) is 10.3. The van der Waals surface area contributed by atoms with Crippen LogP contribution < -0.4 is 10.2 Å². The molecule has 7 nitrogen and oxygen atoms in total. The first-order chi connectivity index (χ1) is 24.2. The number of carbonyl (C=O) groups is 2. The molecule has 50 heavy (non-hydrogen) atoms. The maximum absolute atomic E-state index is 14.3. The summed E-state index contributed by atoms with van der Waals surface area (Å²) in [7, 11) is -1.06. The van der Waals surface area contributed by atoms with Crippen molar-refractivity contribution >= 4 is 59.2 Å². The second-order valence-corrected chi connectivity index (χ2v) is 14.1. The van der Waals surface area contributed by atoms with Crippen molar-refractivity contribution in [2.45, 2.75) is 45.5 Å². The van der Waals surface area contributed by atoms with Crippen LogP contribution in [0.3, 0.4) is 0 Å². The highest BCUT2D eigenvalue weighted by atomic mass is 35.5. The Morgan fingerprint density at radius 3 is 2.30 bits per heavy atom. The monoisotopic (exact) mass is 686 g/mol. The number of rotatable bonds is 9. The summed E-state index contributed by atoms with van der Waals surface area (Å²) >= 11 is 6.51. The average molecular weight is 687 g/mol. The van der Waals surface area contributed by atoms with Gasteiger partial charge in [0.05, 0.1) is 28.6 Å². The standard InChI is InChI=1S/C41H40BClN2O5/c1-25(2)33-23-34-39(41(48)45(40(34)47)31-17-15-30(16-18-31)44-29-11-7-4-8-12-29)35-24-42(49)50-37(38(33)35)20-14-27(26-9-5-3-6-10-26)21-28-13-19-32(46)22-36(28)43/h3-13,15-19,21-22,25,34-35,37,39,44,46,49H,14,20,23-24H2,1-2H3/b27-21-/t34-,35+,37-,39-/m1/s1. The van der Waals surface area contributed by atoms with E-state index in [2.05, 4.69) is 19.2 Å². The first-order valence-electron chi connectivity index (χ1n) is 17.3. The number of hydrogen-bond donors (Lipinski definition) is 3. The number of anilines is 3. The zero-order valence-electron chi connectivity index (χ0n) is 28.1. The molecule has 0 bridgehead atoms. The van der Waals surface area contributed by atoms with Gasteiger partial charge in [-0.25, -0.2) is 0 Å². The lowest BCUT2D eigenvalue weighted by molar-refractivity contribution is -0.122. The second-order valence-electron chi connectivity index (χ2n) is 13.7. The lowest BCUT2D eigenvalue weighted by Gasteiger charge is -2.44. The van der Waals surface area contributed by atoms with Crippen LogP contribution in [-0.4, -0.2) is 35.2 Å². The Morgan fingerprint density at radius 1 is 0.940 bits per heavy atom. The Hall–Kier alpha value is -4.63. The van der Waals surface area contributed by atoms with Crippen LogP contribution in [0.1, 0.15) is 44.2 Å². The third kappa shape index (κ3) is 6.76. The lowest BCUT2D eigenvalue weighted by atomic mass is 9.57. The number of phenols is 1. The predicted molar refractivity (Wildman–Crippen MR) is 200 cm³/mol. The van der Waals surface area contributed by atoms with Crippen LogP contribution in [0, 0.1) is 23.7 Å². The number of amides is 2. The smallest absolute Gasteiger partial charge is 0.455 e. The summed E-state index contributed by atoms with van der Waals surface area (Å²) in [6.07, 6.45) is 3.53. The number of allylic oxidation sites excluding steroid dienone is 2. The van der Waals surface area contributed by atoms with E-state index in [1.54, 1.807) is 12.1 Å². The van der Waals surface area contributed by atoms with E-state index in [1.807, 2.05) is 91.0 Å². The van der Waals surface area contributed by atoms with Crippen LogP contribution in [0.15, 0.2) is 114 Å². The molecule has 4 aromatic carbocycles. The highest BCUT2D eigenvalue weighted by Gasteiger charge is 2.57. The van der Waals surface area contributed by atoms with Gasteiger partial charge in [-0.3, -0.25) is 14.5 Å². The summed E-state index contributed by atoms with van der Waals surface area (Å²) in [5.41, 5.74) is 7.41. The maximum atomic E-state index is 14.3. The maximum Gasteiger partial charge on any atom is 0.455 e. The summed E-state index contributed by atoms with van der Waals surface area (Å²) in [5.74, 6) is -1.52. The van der Waals surface area contributed by atoms with Crippen LogP contribution in [0.2, 0.25) is 11.3 Å². The Labute approximate surface area is 298 Å². The van der Waals surface area contributed by atoms with Crippen molar-refractivity contribution in [3.8, 4) is 5.75 Å².